The summed E-state index contributed by atoms with van der Waals surface area (Å²) in [5.74, 6) is 0.586. The molecule has 0 spiro atoms. The maximum absolute atomic E-state index is 12.7. The molecule has 144 valence electrons. The van der Waals surface area contributed by atoms with Crippen molar-refractivity contribution in [1.29, 1.82) is 0 Å². The Kier molecular flexibility index (Phi) is 6.11. The van der Waals surface area contributed by atoms with Crippen molar-refractivity contribution >= 4 is 34.8 Å². The van der Waals surface area contributed by atoms with E-state index in [-0.39, 0.29) is 11.6 Å². The molecule has 7 heteroatoms. The van der Waals surface area contributed by atoms with Gasteiger partial charge >= 0.3 is 0 Å². The predicted molar refractivity (Wildman–Crippen MR) is 112 cm³/mol. The lowest BCUT2D eigenvalue weighted by Gasteiger charge is -2.12. The lowest BCUT2D eigenvalue weighted by atomic mass is 10.2. The normalized spacial score (nSPS) is 10.4. The van der Waals surface area contributed by atoms with E-state index in [2.05, 4.69) is 20.6 Å². The highest BCUT2D eigenvalue weighted by molar-refractivity contribution is 6.31. The average Bonchev–Trinajstić information content (AvgIpc) is 2.66. The van der Waals surface area contributed by atoms with Crippen LogP contribution in [0.25, 0.3) is 0 Å². The van der Waals surface area contributed by atoms with Crippen LogP contribution in [0.4, 0.5) is 17.3 Å². The highest BCUT2D eigenvalue weighted by atomic mass is 35.5. The minimum absolute atomic E-state index is 0.250. The maximum atomic E-state index is 12.7. The topological polar surface area (TPSA) is 76.1 Å². The van der Waals surface area contributed by atoms with Crippen LogP contribution >= 0.6 is 11.6 Å². The van der Waals surface area contributed by atoms with Crippen LogP contribution in [0.5, 0.6) is 5.75 Å². The number of carbonyl (C=O) groups is 1. The van der Waals surface area contributed by atoms with E-state index >= 15 is 0 Å². The summed E-state index contributed by atoms with van der Waals surface area (Å²) in [5.41, 5.74) is 3.23. The number of halogens is 1. The number of anilines is 3. The van der Waals surface area contributed by atoms with Crippen LogP contribution in [0.1, 0.15) is 28.7 Å². The van der Waals surface area contributed by atoms with E-state index in [1.165, 1.54) is 0 Å². The third-order valence-electron chi connectivity index (χ3n) is 3.95. The van der Waals surface area contributed by atoms with Gasteiger partial charge in [0.2, 0.25) is 5.95 Å². The SMILES string of the molecule is CCOc1ccccc1NC(=O)c1cc(C)nc(Nc2ccc(C)c(Cl)c2)n1. The Bertz CT molecular complexity index is 1010. The molecule has 0 atom stereocenters. The van der Waals surface area contributed by atoms with Gasteiger partial charge in [-0.05, 0) is 56.7 Å². The first-order chi connectivity index (χ1) is 13.5. The molecule has 1 heterocycles. The summed E-state index contributed by atoms with van der Waals surface area (Å²) in [6.07, 6.45) is 0. The first-order valence-corrected chi connectivity index (χ1v) is 9.26. The van der Waals surface area contributed by atoms with Crippen molar-refractivity contribution < 1.29 is 9.53 Å². The summed E-state index contributed by atoms with van der Waals surface area (Å²) in [7, 11) is 0. The monoisotopic (exact) mass is 396 g/mol. The molecular formula is C21H21ClN4O2. The van der Waals surface area contributed by atoms with Crippen molar-refractivity contribution in [2.45, 2.75) is 20.8 Å². The highest BCUT2D eigenvalue weighted by Crippen LogP contribution is 2.25. The Hall–Kier alpha value is -3.12. The van der Waals surface area contributed by atoms with Crippen molar-refractivity contribution in [2.75, 3.05) is 17.2 Å². The van der Waals surface area contributed by atoms with Gasteiger partial charge in [-0.25, -0.2) is 9.97 Å². The standard InChI is InChI=1S/C21H21ClN4O2/c1-4-28-19-8-6-5-7-17(19)25-20(27)18-11-14(3)23-21(26-18)24-15-10-9-13(2)16(22)12-15/h5-12H,4H2,1-3H3,(H,25,27)(H,23,24,26). The smallest absolute Gasteiger partial charge is 0.274 e. The Labute approximate surface area is 168 Å². The zero-order chi connectivity index (χ0) is 20.1. The lowest BCUT2D eigenvalue weighted by molar-refractivity contribution is 0.102. The van der Waals surface area contributed by atoms with Gasteiger partial charge in [-0.3, -0.25) is 4.79 Å². The number of ether oxygens (including phenoxy) is 1. The van der Waals surface area contributed by atoms with Crippen molar-refractivity contribution in [1.82, 2.24) is 9.97 Å². The number of rotatable bonds is 6. The number of nitrogens with one attached hydrogen (secondary N) is 2. The molecule has 6 nitrogen and oxygen atoms in total. The van der Waals surface area contributed by atoms with E-state index < -0.39 is 0 Å². The van der Waals surface area contributed by atoms with E-state index in [4.69, 9.17) is 16.3 Å². The molecule has 0 saturated heterocycles. The predicted octanol–water partition coefficient (Wildman–Crippen LogP) is 5.14. The molecule has 0 saturated carbocycles. The minimum atomic E-state index is -0.345. The highest BCUT2D eigenvalue weighted by Gasteiger charge is 2.13. The molecule has 2 N–H and O–H groups in total. The molecule has 1 aromatic heterocycles. The van der Waals surface area contributed by atoms with Gasteiger partial charge in [-0.15, -0.1) is 0 Å². The molecule has 0 aliphatic heterocycles. The van der Waals surface area contributed by atoms with Crippen LogP contribution in [-0.4, -0.2) is 22.5 Å². The number of nitrogens with zero attached hydrogens (tertiary/aromatic N) is 2. The average molecular weight is 397 g/mol. The second-order valence-corrected chi connectivity index (χ2v) is 6.60. The Morgan fingerprint density at radius 3 is 2.64 bits per heavy atom. The first-order valence-electron chi connectivity index (χ1n) is 8.88. The molecule has 0 aliphatic rings. The molecule has 3 rings (SSSR count). The Balaban J connectivity index is 1.82. The Morgan fingerprint density at radius 2 is 1.89 bits per heavy atom. The summed E-state index contributed by atoms with van der Waals surface area (Å²) >= 11 is 6.17. The van der Waals surface area contributed by atoms with Crippen LogP contribution in [0, 0.1) is 13.8 Å². The van der Waals surface area contributed by atoms with Gasteiger partial charge in [0.15, 0.2) is 0 Å². The first kappa shape index (κ1) is 19.6. The van der Waals surface area contributed by atoms with Gasteiger partial charge in [0, 0.05) is 16.4 Å². The van der Waals surface area contributed by atoms with Gasteiger partial charge in [-0.2, -0.15) is 0 Å². The van der Waals surface area contributed by atoms with Gasteiger partial charge in [0.25, 0.3) is 5.91 Å². The quantitative estimate of drug-likeness (QED) is 0.603. The number of hydrogen-bond donors (Lipinski definition) is 2. The third-order valence-corrected chi connectivity index (χ3v) is 4.36. The summed E-state index contributed by atoms with van der Waals surface area (Å²) in [5, 5.41) is 6.58. The number of carbonyl (C=O) groups excluding carboxylic acids is 1. The molecule has 3 aromatic rings. The number of aryl methyl sites for hydroxylation is 2. The summed E-state index contributed by atoms with van der Waals surface area (Å²) in [6, 6.07) is 14.5. The fraction of sp³-hybridized carbons (Fsp3) is 0.190. The van der Waals surface area contributed by atoms with Crippen molar-refractivity contribution in [3.8, 4) is 5.75 Å². The molecular weight excluding hydrogens is 376 g/mol. The molecule has 0 unspecified atom stereocenters. The number of amides is 1. The molecule has 0 radical (unpaired) electrons. The number of aromatic nitrogens is 2. The van der Waals surface area contributed by atoms with Crippen LogP contribution in [0.3, 0.4) is 0 Å². The van der Waals surface area contributed by atoms with Crippen LogP contribution < -0.4 is 15.4 Å². The molecule has 0 fully saturated rings. The zero-order valence-electron chi connectivity index (χ0n) is 15.9. The second-order valence-electron chi connectivity index (χ2n) is 6.19. The molecule has 0 aliphatic carbocycles. The van der Waals surface area contributed by atoms with Gasteiger partial charge in [0.1, 0.15) is 11.4 Å². The van der Waals surface area contributed by atoms with Gasteiger partial charge < -0.3 is 15.4 Å². The molecule has 0 bridgehead atoms. The summed E-state index contributed by atoms with van der Waals surface area (Å²) < 4.78 is 5.55. The zero-order valence-corrected chi connectivity index (χ0v) is 16.7. The van der Waals surface area contributed by atoms with E-state index in [1.54, 1.807) is 31.2 Å². The van der Waals surface area contributed by atoms with Crippen molar-refractivity contribution in [3.63, 3.8) is 0 Å². The molecule has 1 amide bonds. The summed E-state index contributed by atoms with van der Waals surface area (Å²) in [6.45, 7) is 6.13. The fourth-order valence-corrected chi connectivity index (χ4v) is 2.76. The maximum Gasteiger partial charge on any atom is 0.274 e. The van der Waals surface area contributed by atoms with Gasteiger partial charge in [0.05, 0.1) is 12.3 Å². The van der Waals surface area contributed by atoms with Crippen LogP contribution in [0.2, 0.25) is 5.02 Å². The van der Waals surface area contributed by atoms with Crippen LogP contribution in [-0.2, 0) is 0 Å². The van der Waals surface area contributed by atoms with E-state index in [9.17, 15) is 4.79 Å². The second kappa shape index (κ2) is 8.71. The molecule has 28 heavy (non-hydrogen) atoms. The number of hydrogen-bond acceptors (Lipinski definition) is 5. The number of benzene rings is 2. The largest absolute Gasteiger partial charge is 0.492 e. The Morgan fingerprint density at radius 1 is 1.11 bits per heavy atom. The third kappa shape index (κ3) is 4.78. The fourth-order valence-electron chi connectivity index (χ4n) is 2.58. The van der Waals surface area contributed by atoms with Gasteiger partial charge in [-0.1, -0.05) is 29.8 Å². The van der Waals surface area contributed by atoms with E-state index in [0.29, 0.717) is 34.7 Å². The van der Waals surface area contributed by atoms with E-state index in [1.807, 2.05) is 38.1 Å². The minimum Gasteiger partial charge on any atom is -0.492 e. The van der Waals surface area contributed by atoms with E-state index in [0.717, 1.165) is 11.3 Å². The van der Waals surface area contributed by atoms with Crippen molar-refractivity contribution in [3.05, 3.63) is 70.5 Å². The lowest BCUT2D eigenvalue weighted by Crippen LogP contribution is -2.16. The molecule has 2 aromatic carbocycles. The van der Waals surface area contributed by atoms with Crippen molar-refractivity contribution in [2.24, 2.45) is 0 Å². The summed E-state index contributed by atoms with van der Waals surface area (Å²) in [4.78, 5) is 21.4. The van der Waals surface area contributed by atoms with Crippen LogP contribution in [0.15, 0.2) is 48.5 Å². The number of para-hydroxylation sites is 2.